The first-order chi connectivity index (χ1) is 9.20. The van der Waals surface area contributed by atoms with Crippen molar-refractivity contribution in [3.05, 3.63) is 0 Å². The van der Waals surface area contributed by atoms with E-state index in [0.717, 1.165) is 19.0 Å². The topological polar surface area (TPSA) is 39.7 Å². The minimum atomic E-state index is 0. The number of hydrogen-bond acceptors (Lipinski definition) is 2. The monoisotopic (exact) mass is 394 g/mol. The summed E-state index contributed by atoms with van der Waals surface area (Å²) >= 11 is 0. The van der Waals surface area contributed by atoms with Gasteiger partial charge in [-0.1, -0.05) is 13.8 Å². The molecule has 2 rings (SSSR count). The van der Waals surface area contributed by atoms with Crippen LogP contribution in [0, 0.1) is 5.92 Å². The third kappa shape index (κ3) is 5.76. The number of nitrogens with zero attached hydrogens (tertiary/aromatic N) is 2. The summed E-state index contributed by atoms with van der Waals surface area (Å²) in [5.74, 6) is 1.68. The van der Waals surface area contributed by atoms with Crippen LogP contribution in [0.15, 0.2) is 4.99 Å². The predicted molar refractivity (Wildman–Crippen MR) is 97.0 cm³/mol. The first-order valence-electron chi connectivity index (χ1n) is 7.99. The highest BCUT2D eigenvalue weighted by Gasteiger charge is 2.25. The molecule has 0 aromatic heterocycles. The molecule has 1 atom stereocenters. The maximum Gasteiger partial charge on any atom is 0.191 e. The van der Waals surface area contributed by atoms with Crippen LogP contribution < -0.4 is 10.6 Å². The van der Waals surface area contributed by atoms with Gasteiger partial charge in [0.1, 0.15) is 0 Å². The average molecular weight is 394 g/mol. The number of likely N-dealkylation sites (tertiary alicyclic amines) is 1. The van der Waals surface area contributed by atoms with Crippen LogP contribution in [0.3, 0.4) is 0 Å². The van der Waals surface area contributed by atoms with Gasteiger partial charge in [-0.3, -0.25) is 9.89 Å². The molecule has 2 aliphatic rings. The molecular formula is C15H31IN4. The number of halogens is 1. The molecule has 1 saturated carbocycles. The van der Waals surface area contributed by atoms with Crippen LogP contribution in [-0.2, 0) is 0 Å². The first-order valence-corrected chi connectivity index (χ1v) is 7.99. The Morgan fingerprint density at radius 3 is 2.40 bits per heavy atom. The Labute approximate surface area is 141 Å². The largest absolute Gasteiger partial charge is 0.357 e. The van der Waals surface area contributed by atoms with Crippen LogP contribution in [0.5, 0.6) is 0 Å². The number of guanidine groups is 1. The van der Waals surface area contributed by atoms with Crippen LogP contribution >= 0.6 is 24.0 Å². The molecule has 4 nitrogen and oxygen atoms in total. The molecule has 1 saturated heterocycles. The van der Waals surface area contributed by atoms with Crippen LogP contribution in [-0.4, -0.2) is 49.1 Å². The van der Waals surface area contributed by atoms with E-state index < -0.39 is 0 Å². The number of hydrogen-bond donors (Lipinski definition) is 2. The maximum atomic E-state index is 4.81. The average Bonchev–Trinajstić information content (AvgIpc) is 3.02. The molecular weight excluding hydrogens is 363 g/mol. The zero-order valence-corrected chi connectivity index (χ0v) is 15.5. The number of nitrogens with one attached hydrogen (secondary N) is 2. The highest BCUT2D eigenvalue weighted by Crippen LogP contribution is 2.19. The minimum absolute atomic E-state index is 0. The lowest BCUT2D eigenvalue weighted by atomic mass is 10.0. The quantitative estimate of drug-likeness (QED) is 0.413. The van der Waals surface area contributed by atoms with Gasteiger partial charge in [0.25, 0.3) is 0 Å². The van der Waals surface area contributed by atoms with Crippen molar-refractivity contribution >= 4 is 29.9 Å². The predicted octanol–water partition coefficient (Wildman–Crippen LogP) is 2.44. The number of rotatable bonds is 6. The van der Waals surface area contributed by atoms with Crippen molar-refractivity contribution in [2.24, 2.45) is 10.9 Å². The summed E-state index contributed by atoms with van der Waals surface area (Å²) in [6, 6.07) is 1.26. The summed E-state index contributed by atoms with van der Waals surface area (Å²) in [6.07, 6.45) is 5.30. The second-order valence-corrected chi connectivity index (χ2v) is 6.19. The molecule has 0 amide bonds. The fraction of sp³-hybridized carbons (Fsp3) is 0.933. The summed E-state index contributed by atoms with van der Waals surface area (Å²) < 4.78 is 0. The molecule has 20 heavy (non-hydrogen) atoms. The molecule has 1 aliphatic heterocycles. The molecule has 118 valence electrons. The Bertz CT molecular complexity index is 296. The summed E-state index contributed by atoms with van der Waals surface area (Å²) in [7, 11) is 0. The lowest BCUT2D eigenvalue weighted by molar-refractivity contribution is 0.197. The molecule has 2 fully saturated rings. The van der Waals surface area contributed by atoms with E-state index in [4.69, 9.17) is 4.99 Å². The fourth-order valence-corrected chi connectivity index (χ4v) is 2.75. The van der Waals surface area contributed by atoms with Crippen LogP contribution in [0.2, 0.25) is 0 Å². The Kier molecular flexibility index (Phi) is 8.17. The van der Waals surface area contributed by atoms with Crippen molar-refractivity contribution < 1.29 is 0 Å². The van der Waals surface area contributed by atoms with Gasteiger partial charge in [-0.2, -0.15) is 0 Å². The summed E-state index contributed by atoms with van der Waals surface area (Å²) in [5, 5.41) is 6.86. The Morgan fingerprint density at radius 2 is 1.90 bits per heavy atom. The summed E-state index contributed by atoms with van der Waals surface area (Å²) in [6.45, 7) is 11.1. The third-order valence-corrected chi connectivity index (χ3v) is 4.08. The van der Waals surface area contributed by atoms with E-state index in [-0.39, 0.29) is 24.0 Å². The van der Waals surface area contributed by atoms with Crippen molar-refractivity contribution in [3.8, 4) is 0 Å². The molecule has 5 heteroatoms. The lowest BCUT2D eigenvalue weighted by Gasteiger charge is -2.29. The molecule has 0 bridgehead atoms. The molecule has 0 radical (unpaired) electrons. The van der Waals surface area contributed by atoms with Gasteiger partial charge >= 0.3 is 0 Å². The van der Waals surface area contributed by atoms with E-state index in [9.17, 15) is 0 Å². The molecule has 1 unspecified atom stereocenters. The minimum Gasteiger partial charge on any atom is -0.357 e. The maximum absolute atomic E-state index is 4.81. The third-order valence-electron chi connectivity index (χ3n) is 4.08. The standard InChI is InChI=1S/C15H30N4.HI/c1-4-16-15(18-13-7-8-13)17-11-14(12(2)3)19-9-5-6-10-19;/h12-14H,4-11H2,1-3H3,(H2,16,17,18);1H. The fourth-order valence-electron chi connectivity index (χ4n) is 2.75. The van der Waals surface area contributed by atoms with Gasteiger partial charge in [0.05, 0.1) is 6.54 Å². The summed E-state index contributed by atoms with van der Waals surface area (Å²) in [5.41, 5.74) is 0. The van der Waals surface area contributed by atoms with Crippen LogP contribution in [0.1, 0.15) is 46.5 Å². The van der Waals surface area contributed by atoms with Crippen molar-refractivity contribution in [1.82, 2.24) is 15.5 Å². The molecule has 1 aliphatic carbocycles. The van der Waals surface area contributed by atoms with Gasteiger partial charge in [-0.15, -0.1) is 24.0 Å². The van der Waals surface area contributed by atoms with Gasteiger partial charge in [0.2, 0.25) is 0 Å². The summed E-state index contributed by atoms with van der Waals surface area (Å²) in [4.78, 5) is 7.43. The van der Waals surface area contributed by atoms with E-state index in [2.05, 4.69) is 36.3 Å². The zero-order chi connectivity index (χ0) is 13.7. The Balaban J connectivity index is 0.00000200. The second kappa shape index (κ2) is 9.07. The van der Waals surface area contributed by atoms with Gasteiger partial charge < -0.3 is 10.6 Å². The van der Waals surface area contributed by atoms with Crippen molar-refractivity contribution in [1.29, 1.82) is 0 Å². The highest BCUT2D eigenvalue weighted by atomic mass is 127. The van der Waals surface area contributed by atoms with E-state index in [1.165, 1.54) is 38.8 Å². The molecule has 0 spiro atoms. The van der Waals surface area contributed by atoms with Gasteiger partial charge in [-0.05, 0) is 51.6 Å². The van der Waals surface area contributed by atoms with Crippen molar-refractivity contribution in [2.45, 2.75) is 58.5 Å². The van der Waals surface area contributed by atoms with Crippen LogP contribution in [0.25, 0.3) is 0 Å². The first kappa shape index (κ1) is 18.0. The number of aliphatic imine (C=N–C) groups is 1. The lowest BCUT2D eigenvalue weighted by Crippen LogP contribution is -2.42. The van der Waals surface area contributed by atoms with E-state index >= 15 is 0 Å². The highest BCUT2D eigenvalue weighted by molar-refractivity contribution is 14.0. The zero-order valence-electron chi connectivity index (χ0n) is 13.2. The van der Waals surface area contributed by atoms with E-state index in [1.807, 2.05) is 0 Å². The molecule has 0 aromatic rings. The Morgan fingerprint density at radius 1 is 1.25 bits per heavy atom. The van der Waals surface area contributed by atoms with Gasteiger partial charge in [-0.25, -0.2) is 0 Å². The van der Waals surface area contributed by atoms with Gasteiger partial charge in [0, 0.05) is 18.6 Å². The van der Waals surface area contributed by atoms with Crippen LogP contribution in [0.4, 0.5) is 0 Å². The normalized spacial score (nSPS) is 21.7. The van der Waals surface area contributed by atoms with Crippen molar-refractivity contribution in [3.63, 3.8) is 0 Å². The van der Waals surface area contributed by atoms with Gasteiger partial charge in [0.15, 0.2) is 5.96 Å². The van der Waals surface area contributed by atoms with E-state index in [0.29, 0.717) is 18.0 Å². The van der Waals surface area contributed by atoms with Crippen molar-refractivity contribution in [2.75, 3.05) is 26.2 Å². The molecule has 1 heterocycles. The second-order valence-electron chi connectivity index (χ2n) is 6.19. The Hall–Kier alpha value is -0.0400. The molecule has 0 aromatic carbocycles. The molecule has 2 N–H and O–H groups in total. The van der Waals surface area contributed by atoms with E-state index in [1.54, 1.807) is 0 Å². The smallest absolute Gasteiger partial charge is 0.191 e. The SMILES string of the molecule is CCNC(=NCC(C(C)C)N1CCCC1)NC1CC1.I.